The number of hydrogen-bond donors (Lipinski definition) is 2. The minimum atomic E-state index is -0.0632. The maximum atomic E-state index is 9.39. The van der Waals surface area contributed by atoms with Gasteiger partial charge in [0.1, 0.15) is 0 Å². The van der Waals surface area contributed by atoms with Gasteiger partial charge in [-0.15, -0.1) is 11.8 Å². The SMILES string of the molecule is CCSc1ccc(C(C)NCC2(CO)COC2)cc1. The van der Waals surface area contributed by atoms with Crippen LogP contribution >= 0.6 is 11.8 Å². The van der Waals surface area contributed by atoms with E-state index in [0.717, 1.165) is 12.3 Å². The first kappa shape index (κ1) is 14.9. The molecule has 1 saturated heterocycles. The largest absolute Gasteiger partial charge is 0.396 e. The Labute approximate surface area is 119 Å². The summed E-state index contributed by atoms with van der Waals surface area (Å²) < 4.78 is 5.21. The lowest BCUT2D eigenvalue weighted by Gasteiger charge is -2.40. The number of ether oxygens (including phenoxy) is 1. The molecule has 1 aromatic carbocycles. The zero-order valence-electron chi connectivity index (χ0n) is 11.7. The van der Waals surface area contributed by atoms with E-state index in [1.165, 1.54) is 10.5 Å². The second-order valence-electron chi connectivity index (χ2n) is 5.26. The molecule has 1 aliphatic rings. The van der Waals surface area contributed by atoms with Gasteiger partial charge in [-0.25, -0.2) is 0 Å². The van der Waals surface area contributed by atoms with Gasteiger partial charge in [0.25, 0.3) is 0 Å². The summed E-state index contributed by atoms with van der Waals surface area (Å²) in [6, 6.07) is 9.01. The van der Waals surface area contributed by atoms with Gasteiger partial charge in [0, 0.05) is 17.5 Å². The highest BCUT2D eigenvalue weighted by molar-refractivity contribution is 7.99. The van der Waals surface area contributed by atoms with Gasteiger partial charge in [0.2, 0.25) is 0 Å². The summed E-state index contributed by atoms with van der Waals surface area (Å²) in [4.78, 5) is 1.32. The molecule has 1 aromatic rings. The fourth-order valence-electron chi connectivity index (χ4n) is 2.15. The molecule has 106 valence electrons. The molecule has 0 bridgehead atoms. The van der Waals surface area contributed by atoms with Crippen molar-refractivity contribution in [2.24, 2.45) is 5.41 Å². The summed E-state index contributed by atoms with van der Waals surface area (Å²) in [6.07, 6.45) is 0. The van der Waals surface area contributed by atoms with Crippen molar-refractivity contribution in [1.82, 2.24) is 5.32 Å². The molecule has 0 saturated carbocycles. The van der Waals surface area contributed by atoms with Crippen LogP contribution in [0.4, 0.5) is 0 Å². The molecular weight excluding hydrogens is 258 g/mol. The maximum absolute atomic E-state index is 9.39. The predicted molar refractivity (Wildman–Crippen MR) is 79.6 cm³/mol. The summed E-state index contributed by atoms with van der Waals surface area (Å²) in [5, 5.41) is 12.9. The van der Waals surface area contributed by atoms with Crippen LogP contribution in [0.2, 0.25) is 0 Å². The van der Waals surface area contributed by atoms with Crippen molar-refractivity contribution in [3.8, 4) is 0 Å². The highest BCUT2D eigenvalue weighted by atomic mass is 32.2. The van der Waals surface area contributed by atoms with Crippen LogP contribution < -0.4 is 5.32 Å². The van der Waals surface area contributed by atoms with Gasteiger partial charge in [0.15, 0.2) is 0 Å². The third-order valence-corrected chi connectivity index (χ3v) is 4.52. The molecule has 1 aliphatic heterocycles. The molecule has 1 fully saturated rings. The fraction of sp³-hybridized carbons (Fsp3) is 0.600. The van der Waals surface area contributed by atoms with Crippen LogP contribution in [-0.2, 0) is 4.74 Å². The lowest BCUT2D eigenvalue weighted by atomic mass is 9.86. The number of thioether (sulfide) groups is 1. The summed E-state index contributed by atoms with van der Waals surface area (Å²) in [6.45, 7) is 6.64. The van der Waals surface area contributed by atoms with Crippen molar-refractivity contribution >= 4 is 11.8 Å². The molecule has 2 rings (SSSR count). The number of aliphatic hydroxyl groups is 1. The van der Waals surface area contributed by atoms with E-state index in [0.29, 0.717) is 19.3 Å². The van der Waals surface area contributed by atoms with Crippen LogP contribution in [0.5, 0.6) is 0 Å². The zero-order chi connectivity index (χ0) is 13.7. The van der Waals surface area contributed by atoms with Crippen LogP contribution in [0.1, 0.15) is 25.5 Å². The number of benzene rings is 1. The summed E-state index contributed by atoms with van der Waals surface area (Å²) in [5.74, 6) is 1.10. The van der Waals surface area contributed by atoms with Crippen LogP contribution in [0.15, 0.2) is 29.2 Å². The molecule has 0 radical (unpaired) electrons. The van der Waals surface area contributed by atoms with Crippen LogP contribution in [-0.4, -0.2) is 37.2 Å². The molecule has 0 amide bonds. The van der Waals surface area contributed by atoms with Crippen molar-refractivity contribution < 1.29 is 9.84 Å². The van der Waals surface area contributed by atoms with Crippen LogP contribution in [0, 0.1) is 5.41 Å². The molecule has 4 heteroatoms. The maximum Gasteiger partial charge on any atom is 0.0579 e. The Kier molecular flexibility index (Phi) is 5.28. The van der Waals surface area contributed by atoms with Gasteiger partial charge in [-0.05, 0) is 30.4 Å². The monoisotopic (exact) mass is 281 g/mol. The lowest BCUT2D eigenvalue weighted by Crippen LogP contribution is -2.52. The molecule has 0 spiro atoms. The van der Waals surface area contributed by atoms with Gasteiger partial charge in [-0.1, -0.05) is 19.1 Å². The smallest absolute Gasteiger partial charge is 0.0579 e. The molecule has 19 heavy (non-hydrogen) atoms. The van der Waals surface area contributed by atoms with E-state index >= 15 is 0 Å². The first-order chi connectivity index (χ1) is 9.19. The van der Waals surface area contributed by atoms with Gasteiger partial charge >= 0.3 is 0 Å². The van der Waals surface area contributed by atoms with Crippen molar-refractivity contribution in [2.75, 3.05) is 32.1 Å². The van der Waals surface area contributed by atoms with E-state index in [-0.39, 0.29) is 12.0 Å². The van der Waals surface area contributed by atoms with Gasteiger partial charge in [-0.3, -0.25) is 0 Å². The van der Waals surface area contributed by atoms with Gasteiger partial charge < -0.3 is 15.2 Å². The fourth-order valence-corrected chi connectivity index (χ4v) is 2.81. The Balaban J connectivity index is 1.86. The lowest BCUT2D eigenvalue weighted by molar-refractivity contribution is -0.135. The molecule has 1 unspecified atom stereocenters. The topological polar surface area (TPSA) is 41.5 Å². The van der Waals surface area contributed by atoms with Crippen molar-refractivity contribution in [3.05, 3.63) is 29.8 Å². The minimum Gasteiger partial charge on any atom is -0.396 e. The van der Waals surface area contributed by atoms with E-state index < -0.39 is 0 Å². The Morgan fingerprint density at radius 2 is 2.05 bits per heavy atom. The first-order valence-corrected chi connectivity index (χ1v) is 7.82. The normalized spacial score (nSPS) is 18.9. The van der Waals surface area contributed by atoms with E-state index in [1.54, 1.807) is 0 Å². The predicted octanol–water partition coefficient (Wildman–Crippen LogP) is 2.46. The highest BCUT2D eigenvalue weighted by Crippen LogP contribution is 2.27. The van der Waals surface area contributed by atoms with Crippen molar-refractivity contribution in [3.63, 3.8) is 0 Å². The minimum absolute atomic E-state index is 0.0632. The van der Waals surface area contributed by atoms with E-state index in [4.69, 9.17) is 4.74 Å². The number of hydrogen-bond acceptors (Lipinski definition) is 4. The Hall–Kier alpha value is -0.550. The zero-order valence-corrected chi connectivity index (χ0v) is 12.5. The molecule has 1 atom stereocenters. The van der Waals surface area contributed by atoms with Gasteiger partial charge in [0.05, 0.1) is 25.2 Å². The van der Waals surface area contributed by atoms with Gasteiger partial charge in [-0.2, -0.15) is 0 Å². The molecule has 3 nitrogen and oxygen atoms in total. The number of aliphatic hydroxyl groups excluding tert-OH is 1. The Bertz CT molecular complexity index is 384. The average molecular weight is 281 g/mol. The second kappa shape index (κ2) is 6.75. The average Bonchev–Trinajstić information content (AvgIpc) is 2.39. The third kappa shape index (κ3) is 3.72. The van der Waals surface area contributed by atoms with Crippen molar-refractivity contribution in [1.29, 1.82) is 0 Å². The quantitative estimate of drug-likeness (QED) is 0.753. The molecule has 1 heterocycles. The van der Waals surface area contributed by atoms with E-state index in [1.807, 2.05) is 11.8 Å². The third-order valence-electron chi connectivity index (χ3n) is 3.63. The highest BCUT2D eigenvalue weighted by Gasteiger charge is 2.37. The first-order valence-electron chi connectivity index (χ1n) is 6.84. The Morgan fingerprint density at radius 1 is 1.37 bits per heavy atom. The summed E-state index contributed by atoms with van der Waals surface area (Å²) in [5.41, 5.74) is 1.22. The van der Waals surface area contributed by atoms with E-state index in [2.05, 4.69) is 43.4 Å². The summed E-state index contributed by atoms with van der Waals surface area (Å²) in [7, 11) is 0. The van der Waals surface area contributed by atoms with E-state index in [9.17, 15) is 5.11 Å². The van der Waals surface area contributed by atoms with Crippen molar-refractivity contribution in [2.45, 2.75) is 24.8 Å². The standard InChI is InChI=1S/C15H23NO2S/c1-3-19-14-6-4-13(5-7-14)12(2)16-8-15(9-17)10-18-11-15/h4-7,12,16-17H,3,8-11H2,1-2H3. The second-order valence-corrected chi connectivity index (χ2v) is 6.59. The number of nitrogens with one attached hydrogen (secondary N) is 1. The molecular formula is C15H23NO2S. The van der Waals surface area contributed by atoms with Crippen LogP contribution in [0.25, 0.3) is 0 Å². The van der Waals surface area contributed by atoms with Crippen LogP contribution in [0.3, 0.4) is 0 Å². The number of rotatable bonds is 7. The molecule has 0 aromatic heterocycles. The summed E-state index contributed by atoms with van der Waals surface area (Å²) >= 11 is 1.86. The molecule has 0 aliphatic carbocycles. The molecule has 2 N–H and O–H groups in total. The Morgan fingerprint density at radius 3 is 2.53 bits per heavy atom.